The molecule has 9 rings (SSSR count). The zero-order valence-electron chi connectivity index (χ0n) is 34.5. The molecule has 1 aromatic carbocycles. The van der Waals surface area contributed by atoms with E-state index >= 15 is 0 Å². The number of anilines is 4. The molecule has 59 heavy (non-hydrogen) atoms. The Morgan fingerprint density at radius 3 is 2.07 bits per heavy atom. The fourth-order valence-electron chi connectivity index (χ4n) is 10.9. The minimum absolute atomic E-state index is 0.0299. The quantitative estimate of drug-likeness (QED) is 0.138. The number of aromatic nitrogens is 4. The second kappa shape index (κ2) is 16.8. The monoisotopic (exact) mass is 799 g/mol. The van der Waals surface area contributed by atoms with Crippen molar-refractivity contribution < 1.29 is 14.4 Å². The van der Waals surface area contributed by atoms with Gasteiger partial charge in [-0.1, -0.05) is 25.0 Å². The van der Waals surface area contributed by atoms with Crippen molar-refractivity contribution in [1.29, 1.82) is 0 Å². The average molecular weight is 800 g/mol. The molecular weight excluding hydrogens is 743 g/mol. The van der Waals surface area contributed by atoms with Crippen LogP contribution in [0.15, 0.2) is 53.6 Å². The van der Waals surface area contributed by atoms with Crippen molar-refractivity contribution in [2.45, 2.75) is 109 Å². The van der Waals surface area contributed by atoms with Crippen LogP contribution < -0.4 is 26.0 Å². The number of carbonyl (C=O) groups is 3. The molecule has 3 aliphatic heterocycles. The fraction of sp³-hybridized carbons (Fsp3) is 0.543. The summed E-state index contributed by atoms with van der Waals surface area (Å²) in [5.41, 5.74) is 4.52. The summed E-state index contributed by atoms with van der Waals surface area (Å²) in [7, 11) is 0. The summed E-state index contributed by atoms with van der Waals surface area (Å²) in [6, 6.07) is 13.2. The van der Waals surface area contributed by atoms with Gasteiger partial charge in [0.2, 0.25) is 17.8 Å². The van der Waals surface area contributed by atoms with Crippen molar-refractivity contribution in [3.8, 4) is 0 Å². The van der Waals surface area contributed by atoms with Gasteiger partial charge >= 0.3 is 0 Å². The zero-order valence-corrected chi connectivity index (χ0v) is 34.5. The Bertz CT molecular complexity index is 2250. The molecule has 2 saturated carbocycles. The molecule has 2 amide bonds. The van der Waals surface area contributed by atoms with Gasteiger partial charge in [0, 0.05) is 75.0 Å². The van der Waals surface area contributed by atoms with Crippen LogP contribution in [0, 0.1) is 18.8 Å². The van der Waals surface area contributed by atoms with E-state index in [9.17, 15) is 19.2 Å². The molecule has 3 saturated heterocycles. The van der Waals surface area contributed by atoms with Crippen molar-refractivity contribution in [3.05, 3.63) is 75.8 Å². The van der Waals surface area contributed by atoms with Gasteiger partial charge in [-0.25, -0.2) is 9.97 Å². The smallest absolute Gasteiger partial charge is 0.263 e. The van der Waals surface area contributed by atoms with Gasteiger partial charge in [-0.2, -0.15) is 4.98 Å². The standard InChI is InChI=1S/C46H57N9O4/c1-29-39-28-48-46(51-43(39)55(36-5-3-4-6-36)45(59)42(29)30(2)56)49-40-17-15-37(27-47-40)54-25-23-53(24-26-54)35-11-7-31(8-12-35)32-19-21-52(22-20-32)34-13-9-33(10-14-34)38-16-18-41(57)50-44(38)58/h9-10,13-15,17,27-28,31-32,35-36,38H,3-8,11-12,16,18-26H2,1-2H3,(H,50,57,58)(H,47,48,49,51). The highest BCUT2D eigenvalue weighted by Gasteiger charge is 2.34. The van der Waals surface area contributed by atoms with Gasteiger partial charge in [-0.3, -0.25) is 34.0 Å². The molecule has 310 valence electrons. The Hall–Kier alpha value is -5.17. The molecule has 4 aromatic rings. The van der Waals surface area contributed by atoms with Crippen LogP contribution in [0.5, 0.6) is 0 Å². The van der Waals surface area contributed by atoms with E-state index in [0.29, 0.717) is 41.9 Å². The molecule has 2 aliphatic carbocycles. The highest BCUT2D eigenvalue weighted by atomic mass is 16.2. The number of nitrogens with zero attached hydrogens (tertiary/aromatic N) is 7. The number of carbonyl (C=O) groups excluding carboxylic acids is 3. The van der Waals surface area contributed by atoms with E-state index < -0.39 is 0 Å². The Morgan fingerprint density at radius 2 is 1.41 bits per heavy atom. The number of nitrogens with one attached hydrogen (secondary N) is 2. The maximum Gasteiger partial charge on any atom is 0.263 e. The third-order valence-corrected chi connectivity index (χ3v) is 14.3. The zero-order chi connectivity index (χ0) is 40.6. The van der Waals surface area contributed by atoms with Crippen LogP contribution in [-0.4, -0.2) is 87.3 Å². The van der Waals surface area contributed by atoms with Crippen molar-refractivity contribution in [2.75, 3.05) is 54.4 Å². The number of piperazine rings is 1. The molecule has 2 N–H and O–H groups in total. The van der Waals surface area contributed by atoms with Gasteiger partial charge in [0.25, 0.3) is 5.56 Å². The van der Waals surface area contributed by atoms with Crippen LogP contribution in [-0.2, 0) is 9.59 Å². The first kappa shape index (κ1) is 39.3. The van der Waals surface area contributed by atoms with Gasteiger partial charge in [0.15, 0.2) is 5.78 Å². The molecule has 0 bridgehead atoms. The highest BCUT2D eigenvalue weighted by molar-refractivity contribution is 6.01. The molecule has 13 heteroatoms. The lowest BCUT2D eigenvalue weighted by Gasteiger charge is -2.44. The van der Waals surface area contributed by atoms with Crippen LogP contribution in [0.3, 0.4) is 0 Å². The van der Waals surface area contributed by atoms with E-state index in [1.54, 1.807) is 10.8 Å². The van der Waals surface area contributed by atoms with Crippen LogP contribution in [0.4, 0.5) is 23.1 Å². The number of hydrogen-bond acceptors (Lipinski definition) is 11. The molecule has 1 atom stereocenters. The molecule has 5 aliphatic rings. The number of piperidine rings is 2. The topological polar surface area (TPSA) is 146 Å². The third kappa shape index (κ3) is 8.10. The van der Waals surface area contributed by atoms with Crippen molar-refractivity contribution >= 4 is 51.8 Å². The Kier molecular flexibility index (Phi) is 11.2. The summed E-state index contributed by atoms with van der Waals surface area (Å²) < 4.78 is 1.74. The van der Waals surface area contributed by atoms with Crippen molar-refractivity contribution in [3.63, 3.8) is 0 Å². The lowest BCUT2D eigenvalue weighted by Crippen LogP contribution is -2.51. The van der Waals surface area contributed by atoms with Gasteiger partial charge in [-0.05, 0) is 119 Å². The number of aryl methyl sites for hydroxylation is 1. The number of hydrogen-bond donors (Lipinski definition) is 2. The number of fused-ring (bicyclic) bond motifs is 1. The molecule has 1 unspecified atom stereocenters. The largest absolute Gasteiger partial charge is 0.372 e. The minimum Gasteiger partial charge on any atom is -0.372 e. The molecule has 5 fully saturated rings. The number of pyridine rings is 2. The van der Waals surface area contributed by atoms with Gasteiger partial charge in [0.05, 0.1) is 23.4 Å². The highest BCUT2D eigenvalue weighted by Crippen LogP contribution is 2.39. The molecule has 13 nitrogen and oxygen atoms in total. The summed E-state index contributed by atoms with van der Waals surface area (Å²) in [6.07, 6.45) is 16.3. The van der Waals surface area contributed by atoms with Crippen molar-refractivity contribution in [1.82, 2.24) is 29.7 Å². The number of benzene rings is 1. The minimum atomic E-state index is -0.253. The van der Waals surface area contributed by atoms with E-state index in [2.05, 4.69) is 60.6 Å². The van der Waals surface area contributed by atoms with Crippen LogP contribution in [0.2, 0.25) is 0 Å². The fourth-order valence-corrected chi connectivity index (χ4v) is 10.9. The number of rotatable bonds is 9. The Balaban J connectivity index is 0.742. The second-order valence-corrected chi connectivity index (χ2v) is 17.6. The van der Waals surface area contributed by atoms with E-state index in [1.807, 2.05) is 19.2 Å². The predicted molar refractivity (Wildman–Crippen MR) is 230 cm³/mol. The number of amides is 2. The Labute approximate surface area is 346 Å². The van der Waals surface area contributed by atoms with Gasteiger partial charge in [-0.15, -0.1) is 0 Å². The molecule has 6 heterocycles. The van der Waals surface area contributed by atoms with Crippen molar-refractivity contribution in [2.24, 2.45) is 11.8 Å². The Morgan fingerprint density at radius 1 is 0.729 bits per heavy atom. The summed E-state index contributed by atoms with van der Waals surface area (Å²) in [5, 5.41) is 6.47. The summed E-state index contributed by atoms with van der Waals surface area (Å²) in [6.45, 7) is 9.52. The molecule has 0 radical (unpaired) electrons. The number of ketones is 1. The molecule has 0 spiro atoms. The summed E-state index contributed by atoms with van der Waals surface area (Å²) >= 11 is 0. The van der Waals surface area contributed by atoms with Gasteiger partial charge in [0.1, 0.15) is 11.5 Å². The van der Waals surface area contributed by atoms with Crippen LogP contribution in [0.1, 0.15) is 117 Å². The summed E-state index contributed by atoms with van der Waals surface area (Å²) in [4.78, 5) is 71.7. The number of Topliss-reactive ketones (excluding diaryl/α,β-unsaturated/α-hetero) is 1. The first-order valence-corrected chi connectivity index (χ1v) is 22.0. The predicted octanol–water partition coefficient (Wildman–Crippen LogP) is 6.67. The average Bonchev–Trinajstić information content (AvgIpc) is 3.79. The van der Waals surface area contributed by atoms with E-state index in [4.69, 9.17) is 9.97 Å². The van der Waals surface area contributed by atoms with E-state index in [1.165, 1.54) is 51.1 Å². The first-order chi connectivity index (χ1) is 28.7. The van der Waals surface area contributed by atoms with Crippen LogP contribution in [0.25, 0.3) is 11.0 Å². The lowest BCUT2D eigenvalue weighted by atomic mass is 9.74. The first-order valence-electron chi connectivity index (χ1n) is 22.0. The van der Waals surface area contributed by atoms with E-state index in [-0.39, 0.29) is 40.7 Å². The molecular formula is C46H57N9O4. The SMILES string of the molecule is CC(=O)c1c(C)c2cnc(Nc3ccc(N4CCN(C5CCC(C6CCN(c7ccc(C8CCC(=O)NC8=O)cc7)CC6)CC5)CC4)cn3)nc2n(C2CCCC2)c1=O. The van der Waals surface area contributed by atoms with E-state index in [0.717, 1.165) is 93.4 Å². The van der Waals surface area contributed by atoms with Gasteiger partial charge < -0.3 is 15.1 Å². The maximum atomic E-state index is 13.6. The van der Waals surface area contributed by atoms with Crippen LogP contribution >= 0.6 is 0 Å². The summed E-state index contributed by atoms with van der Waals surface area (Å²) in [5.74, 6) is 1.84. The lowest BCUT2D eigenvalue weighted by molar-refractivity contribution is -0.134. The molecule has 3 aromatic heterocycles. The number of imide groups is 1. The third-order valence-electron chi connectivity index (χ3n) is 14.3. The second-order valence-electron chi connectivity index (χ2n) is 17.6. The normalized spacial score (nSPS) is 23.8. The maximum absolute atomic E-state index is 13.6.